The van der Waals surface area contributed by atoms with Crippen LogP contribution in [0.15, 0.2) is 57.9 Å². The number of hydrogen-bond acceptors (Lipinski definition) is 5. The summed E-state index contributed by atoms with van der Waals surface area (Å²) in [4.78, 5) is 37.0. The summed E-state index contributed by atoms with van der Waals surface area (Å²) < 4.78 is 5.98. The van der Waals surface area contributed by atoms with Crippen LogP contribution in [-0.4, -0.2) is 28.8 Å². The molecule has 0 spiro atoms. The summed E-state index contributed by atoms with van der Waals surface area (Å²) in [6, 6.07) is 13.6. The van der Waals surface area contributed by atoms with Crippen molar-refractivity contribution in [3.63, 3.8) is 0 Å². The van der Waals surface area contributed by atoms with E-state index in [1.165, 1.54) is 6.08 Å². The number of ether oxygens (including phenoxy) is 1. The third-order valence-corrected chi connectivity index (χ3v) is 4.78. The molecule has 0 aromatic heterocycles. The lowest BCUT2D eigenvalue weighted by molar-refractivity contribution is -0.139. The summed E-state index contributed by atoms with van der Waals surface area (Å²) in [6.07, 6.45) is 1.52. The molecule has 8 heteroatoms. The van der Waals surface area contributed by atoms with Gasteiger partial charge in [-0.1, -0.05) is 34.1 Å². The summed E-state index contributed by atoms with van der Waals surface area (Å²) >= 11 is 4.15. The van der Waals surface area contributed by atoms with E-state index in [2.05, 4.69) is 15.9 Å². The Bertz CT molecular complexity index is 913. The molecule has 2 aromatic rings. The number of imide groups is 1. The fourth-order valence-corrected chi connectivity index (χ4v) is 3.52. The fraction of sp³-hybridized carbons (Fsp3) is 0.0556. The number of carbonyl (C=O) groups is 3. The van der Waals surface area contributed by atoms with Gasteiger partial charge in [-0.15, -0.1) is 0 Å². The van der Waals surface area contributed by atoms with Gasteiger partial charge < -0.3 is 9.84 Å². The zero-order chi connectivity index (χ0) is 18.7. The third-order valence-electron chi connectivity index (χ3n) is 3.42. The van der Waals surface area contributed by atoms with Crippen molar-refractivity contribution in [3.8, 4) is 5.75 Å². The van der Waals surface area contributed by atoms with E-state index in [9.17, 15) is 14.4 Å². The Labute approximate surface area is 161 Å². The monoisotopic (exact) mass is 433 g/mol. The van der Waals surface area contributed by atoms with Gasteiger partial charge in [-0.3, -0.25) is 9.59 Å². The predicted molar refractivity (Wildman–Crippen MR) is 102 cm³/mol. The molecular weight excluding hydrogens is 422 g/mol. The first-order chi connectivity index (χ1) is 12.5. The number of benzene rings is 2. The molecule has 0 unspecified atom stereocenters. The van der Waals surface area contributed by atoms with Gasteiger partial charge in [-0.25, -0.2) is 9.69 Å². The first-order valence-electron chi connectivity index (χ1n) is 7.43. The molecule has 0 saturated carbocycles. The maximum Gasteiger partial charge on any atom is 0.341 e. The van der Waals surface area contributed by atoms with Crippen LogP contribution in [0.2, 0.25) is 0 Å². The Kier molecular flexibility index (Phi) is 5.43. The Morgan fingerprint density at radius 3 is 2.62 bits per heavy atom. The highest BCUT2D eigenvalue weighted by Gasteiger charge is 2.36. The molecule has 2 aromatic carbocycles. The van der Waals surface area contributed by atoms with Crippen LogP contribution in [0.4, 0.5) is 10.5 Å². The van der Waals surface area contributed by atoms with Crippen molar-refractivity contribution in [1.82, 2.24) is 0 Å². The summed E-state index contributed by atoms with van der Waals surface area (Å²) in [6.45, 7) is -0.506. The number of para-hydroxylation sites is 1. The minimum absolute atomic E-state index is 0.233. The molecule has 132 valence electrons. The van der Waals surface area contributed by atoms with Crippen molar-refractivity contribution in [1.29, 1.82) is 0 Å². The van der Waals surface area contributed by atoms with Crippen molar-refractivity contribution in [2.24, 2.45) is 0 Å². The normalized spacial score (nSPS) is 15.6. The highest BCUT2D eigenvalue weighted by molar-refractivity contribution is 9.10. The summed E-state index contributed by atoms with van der Waals surface area (Å²) in [5, 5.41) is 8.39. The molecule has 2 amide bonds. The fourth-order valence-electron chi connectivity index (χ4n) is 2.31. The van der Waals surface area contributed by atoms with Gasteiger partial charge in [0.2, 0.25) is 0 Å². The second kappa shape index (κ2) is 7.76. The minimum atomic E-state index is -1.11. The number of carbonyl (C=O) groups excluding carboxylic acids is 2. The van der Waals surface area contributed by atoms with Gasteiger partial charge in [0.15, 0.2) is 6.61 Å². The quantitative estimate of drug-likeness (QED) is 0.712. The smallest absolute Gasteiger partial charge is 0.341 e. The van der Waals surface area contributed by atoms with Gasteiger partial charge in [0.25, 0.3) is 11.1 Å². The molecule has 6 nitrogen and oxygen atoms in total. The van der Waals surface area contributed by atoms with E-state index in [0.717, 1.165) is 21.1 Å². The number of nitrogens with zero attached hydrogens (tertiary/aromatic N) is 1. The molecular formula is C18H12BrNO5S. The van der Waals surface area contributed by atoms with E-state index >= 15 is 0 Å². The Hall–Kier alpha value is -2.58. The summed E-state index contributed by atoms with van der Waals surface area (Å²) in [5.41, 5.74) is 0.995. The van der Waals surface area contributed by atoms with Crippen LogP contribution in [0.25, 0.3) is 6.08 Å². The molecule has 1 saturated heterocycles. The van der Waals surface area contributed by atoms with Gasteiger partial charge in [0, 0.05) is 10.0 Å². The van der Waals surface area contributed by atoms with Crippen LogP contribution < -0.4 is 9.64 Å². The van der Waals surface area contributed by atoms with Gasteiger partial charge >= 0.3 is 5.97 Å². The molecule has 26 heavy (non-hydrogen) atoms. The Balaban J connectivity index is 1.93. The van der Waals surface area contributed by atoms with E-state index in [1.807, 2.05) is 0 Å². The SMILES string of the molecule is O=C(O)COc1ccc(Br)cc1/C=C1\SC(=O)N(c2ccccc2)C1=O. The molecule has 0 aliphatic carbocycles. The molecule has 1 aliphatic rings. The zero-order valence-corrected chi connectivity index (χ0v) is 15.6. The van der Waals surface area contributed by atoms with Crippen LogP contribution in [0.5, 0.6) is 5.75 Å². The third kappa shape index (κ3) is 3.97. The lowest BCUT2D eigenvalue weighted by Gasteiger charge is -2.12. The van der Waals surface area contributed by atoms with Crippen LogP contribution in [0.1, 0.15) is 5.56 Å². The van der Waals surface area contributed by atoms with Crippen LogP contribution in [-0.2, 0) is 9.59 Å². The highest BCUT2D eigenvalue weighted by atomic mass is 79.9. The standard InChI is InChI=1S/C18H12BrNO5S/c19-12-6-7-14(25-10-16(21)22)11(8-12)9-15-17(23)20(18(24)26-15)13-4-2-1-3-5-13/h1-9H,10H2,(H,21,22)/b15-9-. The first kappa shape index (κ1) is 18.2. The largest absolute Gasteiger partial charge is 0.481 e. The molecule has 0 radical (unpaired) electrons. The van der Waals surface area contributed by atoms with Crippen molar-refractivity contribution in [2.45, 2.75) is 0 Å². The summed E-state index contributed by atoms with van der Waals surface area (Å²) in [5.74, 6) is -1.24. The Morgan fingerprint density at radius 2 is 1.92 bits per heavy atom. The van der Waals surface area contributed by atoms with Crippen molar-refractivity contribution in [3.05, 3.63) is 63.5 Å². The number of amides is 2. The molecule has 1 aliphatic heterocycles. The summed E-state index contributed by atoms with van der Waals surface area (Å²) in [7, 11) is 0. The molecule has 3 rings (SSSR count). The maximum atomic E-state index is 12.7. The molecule has 1 fully saturated rings. The van der Waals surface area contributed by atoms with Crippen molar-refractivity contribution < 1.29 is 24.2 Å². The number of aliphatic carboxylic acids is 1. The first-order valence-corrected chi connectivity index (χ1v) is 9.04. The highest BCUT2D eigenvalue weighted by Crippen LogP contribution is 2.37. The lowest BCUT2D eigenvalue weighted by Crippen LogP contribution is -2.27. The average molecular weight is 434 g/mol. The number of carboxylic acid groups (broad SMARTS) is 1. The van der Waals surface area contributed by atoms with E-state index in [1.54, 1.807) is 48.5 Å². The van der Waals surface area contributed by atoms with Crippen LogP contribution >= 0.6 is 27.7 Å². The number of anilines is 1. The second-order valence-electron chi connectivity index (χ2n) is 5.22. The number of halogens is 1. The number of rotatable bonds is 5. The van der Waals surface area contributed by atoms with Crippen molar-refractivity contribution >= 4 is 56.6 Å². The van der Waals surface area contributed by atoms with Crippen molar-refractivity contribution in [2.75, 3.05) is 11.5 Å². The van der Waals surface area contributed by atoms with Gasteiger partial charge in [0.05, 0.1) is 10.6 Å². The molecule has 1 heterocycles. The maximum absolute atomic E-state index is 12.7. The number of hydrogen-bond donors (Lipinski definition) is 1. The predicted octanol–water partition coefficient (Wildman–Crippen LogP) is 4.15. The lowest BCUT2D eigenvalue weighted by atomic mass is 10.2. The molecule has 0 bridgehead atoms. The zero-order valence-electron chi connectivity index (χ0n) is 13.2. The van der Waals surface area contributed by atoms with Crippen LogP contribution in [0.3, 0.4) is 0 Å². The number of carboxylic acids is 1. The van der Waals surface area contributed by atoms with E-state index in [4.69, 9.17) is 9.84 Å². The van der Waals surface area contributed by atoms with E-state index in [0.29, 0.717) is 17.0 Å². The molecule has 0 atom stereocenters. The van der Waals surface area contributed by atoms with Gasteiger partial charge in [-0.2, -0.15) is 0 Å². The van der Waals surface area contributed by atoms with Crippen LogP contribution in [0, 0.1) is 0 Å². The van der Waals surface area contributed by atoms with E-state index in [-0.39, 0.29) is 4.91 Å². The number of thioether (sulfide) groups is 1. The second-order valence-corrected chi connectivity index (χ2v) is 7.13. The molecule has 1 N–H and O–H groups in total. The Morgan fingerprint density at radius 1 is 1.19 bits per heavy atom. The average Bonchev–Trinajstić information content (AvgIpc) is 2.88. The minimum Gasteiger partial charge on any atom is -0.481 e. The van der Waals surface area contributed by atoms with Gasteiger partial charge in [0.1, 0.15) is 5.75 Å². The van der Waals surface area contributed by atoms with Gasteiger partial charge in [-0.05, 0) is 48.2 Å². The van der Waals surface area contributed by atoms with E-state index < -0.39 is 23.7 Å². The topological polar surface area (TPSA) is 83.9 Å².